The Labute approximate surface area is 68.0 Å². The van der Waals surface area contributed by atoms with Gasteiger partial charge in [0.15, 0.2) is 0 Å². The molecule has 0 aromatic heterocycles. The maximum absolute atomic E-state index is 9.10. The number of hydrogen-bond acceptors (Lipinski definition) is 3. The zero-order valence-corrected chi connectivity index (χ0v) is 7.29. The summed E-state index contributed by atoms with van der Waals surface area (Å²) >= 11 is 0. The van der Waals surface area contributed by atoms with E-state index in [0.717, 1.165) is 26.2 Å². The third-order valence-electron chi connectivity index (χ3n) is 2.08. The minimum absolute atomic E-state index is 0.236. The lowest BCUT2D eigenvalue weighted by Crippen LogP contribution is -2.36. The molecule has 66 valence electrons. The van der Waals surface area contributed by atoms with Gasteiger partial charge >= 0.3 is 0 Å². The van der Waals surface area contributed by atoms with Crippen LogP contribution in [0, 0.1) is 0 Å². The molecule has 1 saturated heterocycles. The molecule has 2 unspecified atom stereocenters. The molecule has 3 nitrogen and oxygen atoms in total. The molecule has 1 N–H and O–H groups in total. The molecule has 0 aromatic carbocycles. The van der Waals surface area contributed by atoms with Crippen molar-refractivity contribution in [2.45, 2.75) is 25.5 Å². The Morgan fingerprint density at radius 3 is 2.91 bits per heavy atom. The van der Waals surface area contributed by atoms with Crippen LogP contribution >= 0.6 is 0 Å². The number of nitrogens with zero attached hydrogens (tertiary/aromatic N) is 1. The second kappa shape index (κ2) is 4.04. The standard InChI is InChI=1S/C8H17NO2/c1-7(10)5-9(2)8-3-4-11-6-8/h7-8,10H,3-6H2,1-2H3. The fourth-order valence-corrected chi connectivity index (χ4v) is 1.44. The SMILES string of the molecule is CC(O)CN(C)C1CCOC1. The zero-order chi connectivity index (χ0) is 8.27. The Bertz CT molecular complexity index is 111. The van der Waals surface area contributed by atoms with Gasteiger partial charge in [-0.05, 0) is 20.4 Å². The summed E-state index contributed by atoms with van der Waals surface area (Å²) in [6.07, 6.45) is 0.865. The van der Waals surface area contributed by atoms with Crippen molar-refractivity contribution in [2.24, 2.45) is 0 Å². The van der Waals surface area contributed by atoms with Gasteiger partial charge in [0.1, 0.15) is 0 Å². The maximum Gasteiger partial charge on any atom is 0.0639 e. The molecule has 0 aromatic rings. The molecule has 0 saturated carbocycles. The number of aliphatic hydroxyl groups is 1. The van der Waals surface area contributed by atoms with Crippen LogP contribution in [0.2, 0.25) is 0 Å². The van der Waals surface area contributed by atoms with Gasteiger partial charge in [-0.3, -0.25) is 4.90 Å². The minimum atomic E-state index is -0.236. The van der Waals surface area contributed by atoms with Gasteiger partial charge in [0.25, 0.3) is 0 Å². The third-order valence-corrected chi connectivity index (χ3v) is 2.08. The van der Waals surface area contributed by atoms with Crippen molar-refractivity contribution in [1.82, 2.24) is 4.90 Å². The summed E-state index contributed by atoms with van der Waals surface area (Å²) in [7, 11) is 2.03. The number of rotatable bonds is 3. The summed E-state index contributed by atoms with van der Waals surface area (Å²) in [6.45, 7) is 4.25. The molecular weight excluding hydrogens is 142 g/mol. The van der Waals surface area contributed by atoms with Crippen LogP contribution in [-0.2, 0) is 4.74 Å². The zero-order valence-electron chi connectivity index (χ0n) is 7.29. The van der Waals surface area contributed by atoms with Crippen LogP contribution in [0.5, 0.6) is 0 Å². The van der Waals surface area contributed by atoms with Gasteiger partial charge < -0.3 is 9.84 Å². The van der Waals surface area contributed by atoms with E-state index in [9.17, 15) is 0 Å². The van der Waals surface area contributed by atoms with Crippen molar-refractivity contribution in [3.8, 4) is 0 Å². The summed E-state index contributed by atoms with van der Waals surface area (Å²) in [5, 5.41) is 9.10. The first-order valence-corrected chi connectivity index (χ1v) is 4.16. The first kappa shape index (κ1) is 8.97. The molecule has 0 bridgehead atoms. The van der Waals surface area contributed by atoms with Gasteiger partial charge in [-0.15, -0.1) is 0 Å². The van der Waals surface area contributed by atoms with Crippen molar-refractivity contribution < 1.29 is 9.84 Å². The lowest BCUT2D eigenvalue weighted by Gasteiger charge is -2.23. The molecule has 0 radical (unpaired) electrons. The molecule has 1 aliphatic heterocycles. The van der Waals surface area contributed by atoms with Crippen molar-refractivity contribution in [3.63, 3.8) is 0 Å². The summed E-state index contributed by atoms with van der Waals surface area (Å²) in [6, 6.07) is 0.518. The lowest BCUT2D eigenvalue weighted by atomic mass is 10.2. The molecule has 11 heavy (non-hydrogen) atoms. The monoisotopic (exact) mass is 159 g/mol. The molecule has 1 aliphatic rings. The summed E-state index contributed by atoms with van der Waals surface area (Å²) in [4.78, 5) is 2.16. The average Bonchev–Trinajstić information content (AvgIpc) is 2.35. The summed E-state index contributed by atoms with van der Waals surface area (Å²) in [5.74, 6) is 0. The minimum Gasteiger partial charge on any atom is -0.392 e. The number of likely N-dealkylation sites (N-methyl/N-ethyl adjacent to an activating group) is 1. The molecule has 0 aliphatic carbocycles. The summed E-state index contributed by atoms with van der Waals surface area (Å²) < 4.78 is 5.24. The predicted octanol–water partition coefficient (Wildman–Crippen LogP) is 0.0879. The molecular formula is C8H17NO2. The molecule has 1 heterocycles. The van der Waals surface area contributed by atoms with E-state index in [1.165, 1.54) is 0 Å². The number of ether oxygens (including phenoxy) is 1. The van der Waals surface area contributed by atoms with E-state index in [0.29, 0.717) is 6.04 Å². The van der Waals surface area contributed by atoms with Crippen LogP contribution in [0.4, 0.5) is 0 Å². The van der Waals surface area contributed by atoms with Gasteiger partial charge in [-0.1, -0.05) is 0 Å². The second-order valence-corrected chi connectivity index (χ2v) is 3.31. The highest BCUT2D eigenvalue weighted by Crippen LogP contribution is 2.10. The average molecular weight is 159 g/mol. The third kappa shape index (κ3) is 2.77. The summed E-state index contributed by atoms with van der Waals surface area (Å²) in [5.41, 5.74) is 0. The predicted molar refractivity (Wildman–Crippen MR) is 43.5 cm³/mol. The van der Waals surface area contributed by atoms with Crippen LogP contribution in [0.3, 0.4) is 0 Å². The van der Waals surface area contributed by atoms with Gasteiger partial charge in [0.2, 0.25) is 0 Å². The first-order valence-electron chi connectivity index (χ1n) is 4.16. The maximum atomic E-state index is 9.10. The highest BCUT2D eigenvalue weighted by Gasteiger charge is 2.20. The first-order chi connectivity index (χ1) is 5.20. The topological polar surface area (TPSA) is 32.7 Å². The van der Waals surface area contributed by atoms with Gasteiger partial charge in [-0.2, -0.15) is 0 Å². The Balaban J connectivity index is 2.22. The largest absolute Gasteiger partial charge is 0.392 e. The molecule has 2 atom stereocenters. The van der Waals surface area contributed by atoms with Gasteiger partial charge in [0, 0.05) is 19.2 Å². The van der Waals surface area contributed by atoms with E-state index in [2.05, 4.69) is 4.90 Å². The Morgan fingerprint density at radius 1 is 1.73 bits per heavy atom. The van der Waals surface area contributed by atoms with E-state index in [-0.39, 0.29) is 6.10 Å². The van der Waals surface area contributed by atoms with E-state index in [1.54, 1.807) is 0 Å². The van der Waals surface area contributed by atoms with Gasteiger partial charge in [-0.25, -0.2) is 0 Å². The van der Waals surface area contributed by atoms with Crippen LogP contribution < -0.4 is 0 Å². The Hall–Kier alpha value is -0.120. The van der Waals surface area contributed by atoms with Crippen LogP contribution in [0.15, 0.2) is 0 Å². The van der Waals surface area contributed by atoms with Gasteiger partial charge in [0.05, 0.1) is 12.7 Å². The van der Waals surface area contributed by atoms with Crippen molar-refractivity contribution >= 4 is 0 Å². The molecule has 0 amide bonds. The highest BCUT2D eigenvalue weighted by atomic mass is 16.5. The number of aliphatic hydroxyl groups excluding tert-OH is 1. The molecule has 0 spiro atoms. The van der Waals surface area contributed by atoms with Crippen LogP contribution in [0.1, 0.15) is 13.3 Å². The fourth-order valence-electron chi connectivity index (χ4n) is 1.44. The molecule has 1 fully saturated rings. The quantitative estimate of drug-likeness (QED) is 0.633. The van der Waals surface area contributed by atoms with E-state index >= 15 is 0 Å². The molecule has 3 heteroatoms. The highest BCUT2D eigenvalue weighted by molar-refractivity contribution is 4.73. The lowest BCUT2D eigenvalue weighted by molar-refractivity contribution is 0.105. The van der Waals surface area contributed by atoms with E-state index < -0.39 is 0 Å². The normalized spacial score (nSPS) is 27.8. The molecule has 1 rings (SSSR count). The van der Waals surface area contributed by atoms with Crippen LogP contribution in [0.25, 0.3) is 0 Å². The Morgan fingerprint density at radius 2 is 2.45 bits per heavy atom. The smallest absolute Gasteiger partial charge is 0.0639 e. The second-order valence-electron chi connectivity index (χ2n) is 3.31. The van der Waals surface area contributed by atoms with Crippen molar-refractivity contribution in [1.29, 1.82) is 0 Å². The van der Waals surface area contributed by atoms with Crippen molar-refractivity contribution in [3.05, 3.63) is 0 Å². The number of hydrogen-bond donors (Lipinski definition) is 1. The van der Waals surface area contributed by atoms with E-state index in [1.807, 2.05) is 14.0 Å². The van der Waals surface area contributed by atoms with E-state index in [4.69, 9.17) is 9.84 Å². The fraction of sp³-hybridized carbons (Fsp3) is 1.00. The Kier molecular flexibility index (Phi) is 3.30. The van der Waals surface area contributed by atoms with Crippen molar-refractivity contribution in [2.75, 3.05) is 26.8 Å². The van der Waals surface area contributed by atoms with Crippen LogP contribution in [-0.4, -0.2) is 49.0 Å².